The molecule has 0 fully saturated rings. The van der Waals surface area contributed by atoms with Crippen molar-refractivity contribution in [2.45, 2.75) is 20.8 Å². The van der Waals surface area contributed by atoms with Crippen molar-refractivity contribution in [1.82, 2.24) is 0 Å². The molecule has 0 N–H and O–H groups in total. The second-order valence-corrected chi connectivity index (χ2v) is 1.47. The van der Waals surface area contributed by atoms with E-state index in [9.17, 15) is 0 Å². The van der Waals surface area contributed by atoms with Gasteiger partial charge in [-0.2, -0.15) is 0 Å². The van der Waals surface area contributed by atoms with Crippen LogP contribution in [0.2, 0.25) is 0 Å². The van der Waals surface area contributed by atoms with Gasteiger partial charge in [0.15, 0.2) is 0 Å². The Morgan fingerprint density at radius 1 is 0.714 bits per heavy atom. The summed E-state index contributed by atoms with van der Waals surface area (Å²) in [4.78, 5) is 26.7. The van der Waals surface area contributed by atoms with E-state index >= 15 is 0 Å². The zero-order valence-corrected chi connectivity index (χ0v) is 10.1. The Morgan fingerprint density at radius 3 is 0.714 bits per heavy atom. The second kappa shape index (κ2) is 22.9. The summed E-state index contributed by atoms with van der Waals surface area (Å²) in [6, 6.07) is 0. The van der Waals surface area contributed by atoms with Crippen molar-refractivity contribution >= 4 is 17.9 Å². The molecule has 14 heavy (non-hydrogen) atoms. The van der Waals surface area contributed by atoms with Crippen molar-refractivity contribution in [1.29, 1.82) is 0 Å². The second-order valence-electron chi connectivity index (χ2n) is 1.47. The van der Waals surface area contributed by atoms with Crippen LogP contribution in [0.25, 0.3) is 0 Å². The smallest absolute Gasteiger partial charge is 0.550 e. The van der Waals surface area contributed by atoms with E-state index in [-0.39, 0.29) is 34.4 Å². The molecule has 0 aliphatic rings. The van der Waals surface area contributed by atoms with Gasteiger partial charge in [-0.15, -0.1) is 0 Å². The molecule has 0 aromatic rings. The first kappa shape index (κ1) is 29.2. The molecule has 0 rings (SSSR count). The van der Waals surface area contributed by atoms with Gasteiger partial charge in [-0.1, -0.05) is 0 Å². The molecule has 0 aromatic carbocycles. The molecule has 0 saturated carbocycles. The van der Waals surface area contributed by atoms with Crippen molar-refractivity contribution < 1.29 is 64.1 Å². The summed E-state index contributed by atoms with van der Waals surface area (Å²) in [5.74, 6) is -3.25. The normalized spacial score (nSPS) is 5.36. The fraction of sp³-hybridized carbons (Fsp3) is 0.500. The molecule has 0 spiro atoms. The number of hydrogen-bond donors (Lipinski definition) is 0. The van der Waals surface area contributed by atoms with E-state index in [2.05, 4.69) is 0 Å². The topological polar surface area (TPSA) is 120 Å². The maximum Gasteiger partial charge on any atom is 2.00 e. The number of carboxylic acid groups (broad SMARTS) is 3. The van der Waals surface area contributed by atoms with Crippen LogP contribution in [0, 0.1) is 0 Å². The summed E-state index contributed by atoms with van der Waals surface area (Å²) in [7, 11) is 0. The van der Waals surface area contributed by atoms with Gasteiger partial charge in [-0.25, -0.2) is 0 Å². The first-order chi connectivity index (χ1) is 5.20. The molecule has 0 saturated heterocycles. The molecule has 0 aliphatic carbocycles. The SMILES string of the molecule is CC(=O)[O-].CC(=O)[O-].CC(=O)[O-].[Cr+2].[Fe]. The van der Waals surface area contributed by atoms with E-state index in [1.807, 2.05) is 0 Å². The molecular formula is C6H9CrFeO6-. The number of carbonyl (C=O) groups excluding carboxylic acids is 3. The monoisotopic (exact) mass is 285 g/mol. The number of aliphatic carboxylic acids is 3. The van der Waals surface area contributed by atoms with Crippen LogP contribution < -0.4 is 15.3 Å². The fourth-order valence-corrected chi connectivity index (χ4v) is 0. The van der Waals surface area contributed by atoms with Crippen LogP contribution in [-0.2, 0) is 48.8 Å². The molecule has 84 valence electrons. The Hall–Kier alpha value is -0.538. The first-order valence-corrected chi connectivity index (χ1v) is 2.72. The van der Waals surface area contributed by atoms with Gasteiger partial charge in [0.2, 0.25) is 0 Å². The molecule has 0 unspecified atom stereocenters. The van der Waals surface area contributed by atoms with Crippen molar-refractivity contribution in [3.63, 3.8) is 0 Å². The number of rotatable bonds is 0. The zero-order chi connectivity index (χ0) is 10.7. The van der Waals surface area contributed by atoms with Gasteiger partial charge in [0.25, 0.3) is 0 Å². The minimum Gasteiger partial charge on any atom is -0.550 e. The van der Waals surface area contributed by atoms with Gasteiger partial charge < -0.3 is 29.7 Å². The molecule has 0 bridgehead atoms. The first-order valence-electron chi connectivity index (χ1n) is 2.72. The van der Waals surface area contributed by atoms with Crippen LogP contribution >= 0.6 is 0 Å². The van der Waals surface area contributed by atoms with E-state index in [0.29, 0.717) is 0 Å². The van der Waals surface area contributed by atoms with Gasteiger partial charge >= 0.3 is 17.4 Å². The summed E-state index contributed by atoms with van der Waals surface area (Å²) in [6.07, 6.45) is 0. The van der Waals surface area contributed by atoms with E-state index in [1.54, 1.807) is 0 Å². The third-order valence-corrected chi connectivity index (χ3v) is 0. The zero-order valence-electron chi connectivity index (χ0n) is 7.71. The predicted molar refractivity (Wildman–Crippen MR) is 32.0 cm³/mol. The van der Waals surface area contributed by atoms with Crippen molar-refractivity contribution in [3.8, 4) is 0 Å². The Labute approximate surface area is 103 Å². The molecule has 0 radical (unpaired) electrons. The van der Waals surface area contributed by atoms with Gasteiger partial charge in [-0.05, 0) is 20.8 Å². The van der Waals surface area contributed by atoms with Crippen LogP contribution in [0.5, 0.6) is 0 Å². The molecular weight excluding hydrogens is 276 g/mol. The Bertz CT molecular complexity index is 120. The van der Waals surface area contributed by atoms with Crippen LogP contribution in [0.3, 0.4) is 0 Å². The molecule has 0 heterocycles. The molecule has 0 amide bonds. The number of carbonyl (C=O) groups is 3. The summed E-state index contributed by atoms with van der Waals surface area (Å²) in [5.41, 5.74) is 0. The van der Waals surface area contributed by atoms with Crippen molar-refractivity contribution in [2.24, 2.45) is 0 Å². The Morgan fingerprint density at radius 2 is 0.714 bits per heavy atom. The average Bonchev–Trinajstić information content (AvgIpc) is 1.54. The fourth-order valence-electron chi connectivity index (χ4n) is 0. The molecule has 0 aromatic heterocycles. The van der Waals surface area contributed by atoms with Crippen LogP contribution in [0.1, 0.15) is 20.8 Å². The van der Waals surface area contributed by atoms with Crippen LogP contribution in [-0.4, -0.2) is 17.9 Å². The predicted octanol–water partition coefficient (Wildman–Crippen LogP) is -3.74. The Balaban J connectivity index is -0.0000000270. The average molecular weight is 285 g/mol. The van der Waals surface area contributed by atoms with E-state index in [1.165, 1.54) is 0 Å². The Kier molecular flexibility index (Phi) is 47.7. The molecule has 0 atom stereocenters. The minimum absolute atomic E-state index is 0. The summed E-state index contributed by atoms with van der Waals surface area (Å²) in [6.45, 7) is 2.92. The minimum atomic E-state index is -1.08. The summed E-state index contributed by atoms with van der Waals surface area (Å²) >= 11 is 0. The van der Waals surface area contributed by atoms with Gasteiger partial charge in [0.1, 0.15) is 0 Å². The number of carboxylic acids is 3. The quantitative estimate of drug-likeness (QED) is 0.422. The van der Waals surface area contributed by atoms with Gasteiger partial charge in [-0.3, -0.25) is 0 Å². The van der Waals surface area contributed by atoms with E-state index in [4.69, 9.17) is 29.7 Å². The standard InChI is InChI=1S/3C2H4O2.Cr.Fe/c3*1-2(3)4;;/h3*1H3,(H,3,4);;/q;;;+2;/p-3. The molecule has 0 aliphatic heterocycles. The third-order valence-electron chi connectivity index (χ3n) is 0. The maximum atomic E-state index is 8.89. The third kappa shape index (κ3) is 4330. The summed E-state index contributed by atoms with van der Waals surface area (Å²) < 4.78 is 0. The number of hydrogen-bond acceptors (Lipinski definition) is 6. The van der Waals surface area contributed by atoms with Crippen molar-refractivity contribution in [3.05, 3.63) is 0 Å². The molecule has 8 heteroatoms. The maximum absolute atomic E-state index is 8.89. The van der Waals surface area contributed by atoms with Crippen LogP contribution in [0.4, 0.5) is 0 Å². The summed E-state index contributed by atoms with van der Waals surface area (Å²) in [5, 5.41) is 26.7. The van der Waals surface area contributed by atoms with E-state index < -0.39 is 17.9 Å². The van der Waals surface area contributed by atoms with E-state index in [0.717, 1.165) is 20.8 Å². The van der Waals surface area contributed by atoms with Crippen molar-refractivity contribution in [2.75, 3.05) is 0 Å². The molecule has 6 nitrogen and oxygen atoms in total. The van der Waals surface area contributed by atoms with Crippen LogP contribution in [0.15, 0.2) is 0 Å². The van der Waals surface area contributed by atoms with Gasteiger partial charge in [0.05, 0.1) is 0 Å². The largest absolute Gasteiger partial charge is 2.00 e. The van der Waals surface area contributed by atoms with Gasteiger partial charge in [0, 0.05) is 35.0 Å².